The van der Waals surface area contributed by atoms with E-state index in [0.717, 1.165) is 12.0 Å². The zero-order valence-electron chi connectivity index (χ0n) is 13.2. The third-order valence-corrected chi connectivity index (χ3v) is 2.12. The smallest absolute Gasteiger partial charge is 0.134 e. The number of benzene rings is 1. The van der Waals surface area contributed by atoms with Crippen molar-refractivity contribution in [2.24, 2.45) is 5.92 Å². The van der Waals surface area contributed by atoms with Crippen molar-refractivity contribution in [2.45, 2.75) is 61.3 Å². The predicted molar refractivity (Wildman–Crippen MR) is 82.1 cm³/mol. The minimum atomic E-state index is 0.224. The number of ketones is 1. The molecular weight excluding hydrogens is 220 g/mol. The molecule has 0 atom stereocenters. The Balaban J connectivity index is 0. The monoisotopic (exact) mass is 250 g/mol. The largest absolute Gasteiger partial charge is 0.300 e. The third-order valence-electron chi connectivity index (χ3n) is 2.12. The van der Waals surface area contributed by atoms with Gasteiger partial charge in [-0.1, -0.05) is 65.8 Å². The minimum absolute atomic E-state index is 0.224. The van der Waals surface area contributed by atoms with E-state index in [4.69, 9.17) is 0 Å². The average molecular weight is 250 g/mol. The second-order valence-corrected chi connectivity index (χ2v) is 4.29. The Morgan fingerprint density at radius 2 is 1.33 bits per heavy atom. The fourth-order valence-corrected chi connectivity index (χ4v) is 1.55. The second-order valence-electron chi connectivity index (χ2n) is 4.29. The van der Waals surface area contributed by atoms with Crippen LogP contribution in [0, 0.1) is 5.92 Å². The van der Waals surface area contributed by atoms with Crippen LogP contribution in [0.4, 0.5) is 0 Å². The highest BCUT2D eigenvalue weighted by molar-refractivity contribution is 5.78. The Morgan fingerprint density at radius 3 is 1.67 bits per heavy atom. The summed E-state index contributed by atoms with van der Waals surface area (Å²) in [7, 11) is 0. The molecule has 1 aromatic carbocycles. The van der Waals surface area contributed by atoms with E-state index in [1.54, 1.807) is 6.92 Å². The van der Waals surface area contributed by atoms with Crippen LogP contribution in [-0.4, -0.2) is 5.78 Å². The van der Waals surface area contributed by atoms with Crippen LogP contribution in [0.3, 0.4) is 0 Å². The van der Waals surface area contributed by atoms with Crippen molar-refractivity contribution in [3.8, 4) is 0 Å². The highest BCUT2D eigenvalue weighted by atomic mass is 16.1. The maximum Gasteiger partial charge on any atom is 0.134 e. The van der Waals surface area contributed by atoms with E-state index < -0.39 is 0 Å². The number of hydrogen-bond acceptors (Lipinski definition) is 1. The lowest BCUT2D eigenvalue weighted by Crippen LogP contribution is -1.97. The van der Waals surface area contributed by atoms with E-state index in [0.29, 0.717) is 12.3 Å². The van der Waals surface area contributed by atoms with Gasteiger partial charge in [0.05, 0.1) is 0 Å². The normalized spacial score (nSPS) is 8.89. The van der Waals surface area contributed by atoms with Crippen LogP contribution in [0.15, 0.2) is 24.3 Å². The summed E-state index contributed by atoms with van der Waals surface area (Å²) in [5.41, 5.74) is 2.47. The van der Waals surface area contributed by atoms with Gasteiger partial charge in [0.1, 0.15) is 5.78 Å². The first kappa shape index (κ1) is 19.2. The minimum Gasteiger partial charge on any atom is -0.300 e. The fourth-order valence-electron chi connectivity index (χ4n) is 1.55. The first-order chi connectivity index (χ1) is 8.58. The van der Waals surface area contributed by atoms with Gasteiger partial charge in [-0.2, -0.15) is 0 Å². The van der Waals surface area contributed by atoms with Gasteiger partial charge in [0.15, 0.2) is 0 Å². The summed E-state index contributed by atoms with van der Waals surface area (Å²) in [5.74, 6) is 0.912. The lowest BCUT2D eigenvalue weighted by atomic mass is 10.0. The number of Topliss-reactive ketones (excluding diaryl/α,β-unsaturated/α-hetero) is 1. The summed E-state index contributed by atoms with van der Waals surface area (Å²) in [4.78, 5) is 10.9. The van der Waals surface area contributed by atoms with Gasteiger partial charge in [-0.25, -0.2) is 0 Å². The van der Waals surface area contributed by atoms with Crippen LogP contribution in [0.2, 0.25) is 0 Å². The topological polar surface area (TPSA) is 17.1 Å². The van der Waals surface area contributed by atoms with Gasteiger partial charge in [-0.15, -0.1) is 0 Å². The Labute approximate surface area is 114 Å². The van der Waals surface area contributed by atoms with Crippen LogP contribution in [-0.2, 0) is 17.6 Å². The van der Waals surface area contributed by atoms with Crippen molar-refractivity contribution in [3.05, 3.63) is 35.4 Å². The summed E-state index contributed by atoms with van der Waals surface area (Å²) in [6, 6.07) is 8.36. The van der Waals surface area contributed by atoms with Crippen molar-refractivity contribution in [3.63, 3.8) is 0 Å². The van der Waals surface area contributed by atoms with Crippen molar-refractivity contribution < 1.29 is 4.79 Å². The van der Waals surface area contributed by atoms with Crippen molar-refractivity contribution in [2.75, 3.05) is 0 Å². The summed E-state index contributed by atoms with van der Waals surface area (Å²) in [6.45, 7) is 14.1. The van der Waals surface area contributed by atoms with E-state index in [-0.39, 0.29) is 5.78 Å². The summed E-state index contributed by atoms with van der Waals surface area (Å²) in [6.07, 6.45) is 1.67. The fraction of sp³-hybridized carbons (Fsp3) is 0.588. The Kier molecular flexibility index (Phi) is 13.2. The lowest BCUT2D eigenvalue weighted by molar-refractivity contribution is -0.116. The quantitative estimate of drug-likeness (QED) is 0.729. The molecule has 0 spiro atoms. The van der Waals surface area contributed by atoms with Crippen LogP contribution in [0.1, 0.15) is 59.6 Å². The maximum atomic E-state index is 10.9. The maximum absolute atomic E-state index is 10.9. The van der Waals surface area contributed by atoms with E-state index in [1.165, 1.54) is 5.56 Å². The molecule has 0 amide bonds. The van der Waals surface area contributed by atoms with Gasteiger partial charge >= 0.3 is 0 Å². The van der Waals surface area contributed by atoms with Crippen molar-refractivity contribution in [1.29, 1.82) is 0 Å². The zero-order valence-corrected chi connectivity index (χ0v) is 13.2. The SMILES string of the molecule is CC.CC.CC(=O)Cc1ccc(CC(C)C)cc1. The number of hydrogen-bond donors (Lipinski definition) is 0. The molecule has 0 fully saturated rings. The Hall–Kier alpha value is -1.11. The zero-order chi connectivity index (χ0) is 14.6. The molecule has 0 N–H and O–H groups in total. The van der Waals surface area contributed by atoms with Crippen LogP contribution in [0.25, 0.3) is 0 Å². The number of carbonyl (C=O) groups excluding carboxylic acids is 1. The molecule has 0 aromatic heterocycles. The van der Waals surface area contributed by atoms with Gasteiger partial charge in [-0.05, 0) is 30.4 Å². The molecule has 0 aliphatic heterocycles. The van der Waals surface area contributed by atoms with E-state index in [9.17, 15) is 4.79 Å². The average Bonchev–Trinajstić information content (AvgIpc) is 2.35. The second kappa shape index (κ2) is 12.3. The molecular formula is C17H30O. The van der Waals surface area contributed by atoms with Crippen molar-refractivity contribution in [1.82, 2.24) is 0 Å². The molecule has 104 valence electrons. The van der Waals surface area contributed by atoms with Gasteiger partial charge < -0.3 is 0 Å². The molecule has 1 rings (SSSR count). The highest BCUT2D eigenvalue weighted by Crippen LogP contribution is 2.10. The Morgan fingerprint density at radius 1 is 0.944 bits per heavy atom. The standard InChI is InChI=1S/C13H18O.2C2H6/c1-10(2)8-12-4-6-13(7-5-12)9-11(3)14;2*1-2/h4-7,10H,8-9H2,1-3H3;2*1-2H3. The molecule has 0 saturated carbocycles. The van der Waals surface area contributed by atoms with Crippen LogP contribution >= 0.6 is 0 Å². The summed E-state index contributed by atoms with van der Waals surface area (Å²) in [5, 5.41) is 0. The summed E-state index contributed by atoms with van der Waals surface area (Å²) < 4.78 is 0. The molecule has 1 nitrogen and oxygen atoms in total. The molecule has 0 bridgehead atoms. The molecule has 0 unspecified atom stereocenters. The molecule has 1 aromatic rings. The molecule has 1 heteroatoms. The van der Waals surface area contributed by atoms with Gasteiger partial charge in [0.25, 0.3) is 0 Å². The Bertz CT molecular complexity index is 296. The molecule has 0 aliphatic rings. The van der Waals surface area contributed by atoms with Gasteiger partial charge in [0.2, 0.25) is 0 Å². The first-order valence-electron chi connectivity index (χ1n) is 7.15. The molecule has 0 aliphatic carbocycles. The van der Waals surface area contributed by atoms with Crippen LogP contribution in [0.5, 0.6) is 0 Å². The summed E-state index contributed by atoms with van der Waals surface area (Å²) >= 11 is 0. The molecule has 18 heavy (non-hydrogen) atoms. The third kappa shape index (κ3) is 10.1. The molecule has 0 radical (unpaired) electrons. The van der Waals surface area contributed by atoms with E-state index >= 15 is 0 Å². The number of rotatable bonds is 4. The lowest BCUT2D eigenvalue weighted by Gasteiger charge is -2.05. The van der Waals surface area contributed by atoms with E-state index in [1.807, 2.05) is 27.7 Å². The van der Waals surface area contributed by atoms with Gasteiger partial charge in [0, 0.05) is 6.42 Å². The predicted octanol–water partition coefficient (Wildman–Crippen LogP) is 5.07. The van der Waals surface area contributed by atoms with Gasteiger partial charge in [-0.3, -0.25) is 4.79 Å². The molecule has 0 saturated heterocycles. The number of carbonyl (C=O) groups is 1. The first-order valence-corrected chi connectivity index (χ1v) is 7.15. The van der Waals surface area contributed by atoms with Crippen LogP contribution < -0.4 is 0 Å². The highest BCUT2D eigenvalue weighted by Gasteiger charge is 1.99. The van der Waals surface area contributed by atoms with Crippen molar-refractivity contribution >= 4 is 5.78 Å². The molecule has 0 heterocycles. The van der Waals surface area contributed by atoms with E-state index in [2.05, 4.69) is 38.1 Å².